The number of rotatable bonds is 3. The second kappa shape index (κ2) is 6.39. The molecule has 2 aromatic carbocycles. The summed E-state index contributed by atoms with van der Waals surface area (Å²) in [6.07, 6.45) is 0.742. The molecule has 0 atom stereocenters. The first-order valence-electron chi connectivity index (χ1n) is 8.83. The third kappa shape index (κ3) is 3.26. The molecule has 1 aliphatic rings. The Morgan fingerprint density at radius 1 is 0.962 bits per heavy atom. The number of hydrogen-bond donors (Lipinski definition) is 0. The molecular weight excluding hydrogens is 346 g/mol. The lowest BCUT2D eigenvalue weighted by atomic mass is 9.75. The standard InChI is InChI=1S/C21H27NO3S/c1-20(2)15-21(3,4)22(14-16-8-6-7-9-19(16)20)26(23,24)18-12-10-17(25-5)11-13-18/h6-13H,14-15H2,1-5H3. The van der Waals surface area contributed by atoms with Crippen molar-refractivity contribution in [2.24, 2.45) is 0 Å². The van der Waals surface area contributed by atoms with E-state index in [-0.39, 0.29) is 5.41 Å². The van der Waals surface area contributed by atoms with E-state index in [1.165, 1.54) is 5.56 Å². The summed E-state index contributed by atoms with van der Waals surface area (Å²) >= 11 is 0. The summed E-state index contributed by atoms with van der Waals surface area (Å²) in [6, 6.07) is 14.8. The molecule has 3 rings (SSSR count). The number of nitrogens with zero attached hydrogens (tertiary/aromatic N) is 1. The van der Waals surface area contributed by atoms with E-state index in [9.17, 15) is 8.42 Å². The minimum atomic E-state index is -3.63. The minimum Gasteiger partial charge on any atom is -0.497 e. The van der Waals surface area contributed by atoms with Crippen LogP contribution in [-0.2, 0) is 22.0 Å². The van der Waals surface area contributed by atoms with Gasteiger partial charge in [-0.2, -0.15) is 4.31 Å². The number of hydrogen-bond acceptors (Lipinski definition) is 3. The van der Waals surface area contributed by atoms with Gasteiger partial charge in [0.15, 0.2) is 0 Å². The van der Waals surface area contributed by atoms with Gasteiger partial charge < -0.3 is 4.74 Å². The predicted octanol–water partition coefficient (Wildman–Crippen LogP) is 4.35. The Labute approximate surface area is 156 Å². The maximum absolute atomic E-state index is 13.5. The summed E-state index contributed by atoms with van der Waals surface area (Å²) in [5.41, 5.74) is 1.67. The van der Waals surface area contributed by atoms with Crippen molar-refractivity contribution in [3.8, 4) is 5.75 Å². The Bertz CT molecular complexity index is 899. The van der Waals surface area contributed by atoms with Crippen LogP contribution in [0.5, 0.6) is 5.75 Å². The Balaban J connectivity index is 2.10. The molecule has 0 bridgehead atoms. The highest BCUT2D eigenvalue weighted by atomic mass is 32.2. The summed E-state index contributed by atoms with van der Waals surface area (Å²) in [6.45, 7) is 8.79. The zero-order valence-corrected chi connectivity index (χ0v) is 16.9. The summed E-state index contributed by atoms with van der Waals surface area (Å²) in [5.74, 6) is 0.644. The van der Waals surface area contributed by atoms with Gasteiger partial charge in [-0.25, -0.2) is 8.42 Å². The number of methoxy groups -OCH3 is 1. The predicted molar refractivity (Wildman–Crippen MR) is 104 cm³/mol. The molecule has 4 nitrogen and oxygen atoms in total. The molecule has 0 spiro atoms. The molecule has 0 aliphatic carbocycles. The fraction of sp³-hybridized carbons (Fsp3) is 0.429. The van der Waals surface area contributed by atoms with Crippen LogP contribution in [0.3, 0.4) is 0 Å². The van der Waals surface area contributed by atoms with Crippen LogP contribution in [0, 0.1) is 0 Å². The van der Waals surface area contributed by atoms with E-state index in [1.807, 2.05) is 32.0 Å². The van der Waals surface area contributed by atoms with Crippen molar-refractivity contribution in [2.75, 3.05) is 7.11 Å². The lowest BCUT2D eigenvalue weighted by Gasteiger charge is -2.39. The summed E-state index contributed by atoms with van der Waals surface area (Å²) < 4.78 is 33.7. The minimum absolute atomic E-state index is 0.107. The van der Waals surface area contributed by atoms with Gasteiger partial charge in [0.05, 0.1) is 12.0 Å². The van der Waals surface area contributed by atoms with Crippen molar-refractivity contribution in [1.82, 2.24) is 4.31 Å². The van der Waals surface area contributed by atoms with Crippen molar-refractivity contribution in [2.45, 2.75) is 56.5 Å². The monoisotopic (exact) mass is 373 g/mol. The molecule has 0 saturated heterocycles. The van der Waals surface area contributed by atoms with E-state index in [2.05, 4.69) is 19.9 Å². The molecule has 26 heavy (non-hydrogen) atoms. The van der Waals surface area contributed by atoms with Crippen LogP contribution < -0.4 is 4.74 Å². The Morgan fingerprint density at radius 2 is 1.58 bits per heavy atom. The maximum atomic E-state index is 13.5. The van der Waals surface area contributed by atoms with E-state index in [0.29, 0.717) is 17.2 Å². The van der Waals surface area contributed by atoms with E-state index < -0.39 is 15.6 Å². The lowest BCUT2D eigenvalue weighted by Crippen LogP contribution is -2.48. The van der Waals surface area contributed by atoms with Crippen LogP contribution in [0.15, 0.2) is 53.4 Å². The van der Waals surface area contributed by atoms with Crippen LogP contribution in [-0.4, -0.2) is 25.4 Å². The average molecular weight is 374 g/mol. The van der Waals surface area contributed by atoms with E-state index in [0.717, 1.165) is 12.0 Å². The van der Waals surface area contributed by atoms with Crippen LogP contribution in [0.1, 0.15) is 45.2 Å². The molecule has 0 radical (unpaired) electrons. The molecule has 2 aromatic rings. The number of fused-ring (bicyclic) bond motifs is 1. The van der Waals surface area contributed by atoms with Gasteiger partial charge in [-0.3, -0.25) is 0 Å². The summed E-state index contributed by atoms with van der Waals surface area (Å²) in [4.78, 5) is 0.295. The van der Waals surface area contributed by atoms with Crippen LogP contribution in [0.25, 0.3) is 0 Å². The molecule has 0 unspecified atom stereocenters. The van der Waals surface area contributed by atoms with Gasteiger partial charge in [-0.1, -0.05) is 38.1 Å². The molecule has 5 heteroatoms. The molecule has 1 aliphatic heterocycles. The smallest absolute Gasteiger partial charge is 0.243 e. The molecule has 0 amide bonds. The Morgan fingerprint density at radius 3 is 2.19 bits per heavy atom. The van der Waals surface area contributed by atoms with Crippen molar-refractivity contribution in [3.05, 3.63) is 59.7 Å². The first-order chi connectivity index (χ1) is 12.1. The molecule has 1 heterocycles. The zero-order valence-electron chi connectivity index (χ0n) is 16.1. The second-order valence-corrected chi connectivity index (χ2v) is 10.1. The summed E-state index contributed by atoms with van der Waals surface area (Å²) in [5, 5.41) is 0. The second-order valence-electron chi connectivity index (χ2n) is 8.22. The number of ether oxygens (including phenoxy) is 1. The van der Waals surface area contributed by atoms with Crippen molar-refractivity contribution >= 4 is 10.0 Å². The molecule has 0 aromatic heterocycles. The highest BCUT2D eigenvalue weighted by Gasteiger charge is 2.44. The van der Waals surface area contributed by atoms with E-state index in [4.69, 9.17) is 4.74 Å². The molecule has 0 N–H and O–H groups in total. The zero-order chi connectivity index (χ0) is 19.2. The lowest BCUT2D eigenvalue weighted by molar-refractivity contribution is 0.185. The van der Waals surface area contributed by atoms with Crippen LogP contribution >= 0.6 is 0 Å². The van der Waals surface area contributed by atoms with Gasteiger partial charge in [-0.05, 0) is 61.1 Å². The maximum Gasteiger partial charge on any atom is 0.243 e. The third-order valence-electron chi connectivity index (χ3n) is 5.26. The molecule has 0 saturated carbocycles. The van der Waals surface area contributed by atoms with Gasteiger partial charge in [0.1, 0.15) is 5.75 Å². The number of sulfonamides is 1. The topological polar surface area (TPSA) is 46.6 Å². The third-order valence-corrected chi connectivity index (χ3v) is 7.33. The Hall–Kier alpha value is -1.85. The van der Waals surface area contributed by atoms with Crippen molar-refractivity contribution in [3.63, 3.8) is 0 Å². The Kier molecular flexibility index (Phi) is 4.65. The molecular formula is C21H27NO3S. The molecule has 0 fully saturated rings. The number of benzene rings is 2. The average Bonchev–Trinajstić information content (AvgIpc) is 2.66. The first-order valence-corrected chi connectivity index (χ1v) is 10.3. The van der Waals surface area contributed by atoms with E-state index in [1.54, 1.807) is 35.7 Å². The van der Waals surface area contributed by atoms with Gasteiger partial charge in [0.25, 0.3) is 0 Å². The van der Waals surface area contributed by atoms with Crippen LogP contribution in [0.2, 0.25) is 0 Å². The van der Waals surface area contributed by atoms with E-state index >= 15 is 0 Å². The van der Waals surface area contributed by atoms with Gasteiger partial charge >= 0.3 is 0 Å². The highest BCUT2D eigenvalue weighted by molar-refractivity contribution is 7.89. The normalized spacial score (nSPS) is 19.4. The quantitative estimate of drug-likeness (QED) is 0.804. The fourth-order valence-electron chi connectivity index (χ4n) is 4.24. The highest BCUT2D eigenvalue weighted by Crippen LogP contribution is 2.43. The van der Waals surface area contributed by atoms with Crippen molar-refractivity contribution < 1.29 is 13.2 Å². The molecule has 140 valence electrons. The van der Waals surface area contributed by atoms with Gasteiger partial charge in [0.2, 0.25) is 10.0 Å². The van der Waals surface area contributed by atoms with Gasteiger partial charge in [0, 0.05) is 12.1 Å². The SMILES string of the molecule is COc1ccc(S(=O)(=O)N2Cc3ccccc3C(C)(C)CC2(C)C)cc1. The fourth-order valence-corrected chi connectivity index (χ4v) is 6.00. The first kappa shape index (κ1) is 18.9. The largest absolute Gasteiger partial charge is 0.497 e. The summed E-state index contributed by atoms with van der Waals surface area (Å²) in [7, 11) is -2.06. The van der Waals surface area contributed by atoms with Crippen molar-refractivity contribution in [1.29, 1.82) is 0 Å². The van der Waals surface area contributed by atoms with Gasteiger partial charge in [-0.15, -0.1) is 0 Å². The van der Waals surface area contributed by atoms with Crippen LogP contribution in [0.4, 0.5) is 0 Å².